The third kappa shape index (κ3) is 1.73. The van der Waals surface area contributed by atoms with Crippen molar-refractivity contribution in [1.82, 2.24) is 0 Å². The SMILES string of the molecule is COC(=O)c1ccc(C2(N)COC2)cc1. The highest BCUT2D eigenvalue weighted by molar-refractivity contribution is 5.89. The van der Waals surface area contributed by atoms with Crippen molar-refractivity contribution in [1.29, 1.82) is 0 Å². The number of carbonyl (C=O) groups is 1. The molecule has 1 aliphatic rings. The molecule has 1 aromatic rings. The van der Waals surface area contributed by atoms with Gasteiger partial charge in [-0.2, -0.15) is 0 Å². The van der Waals surface area contributed by atoms with E-state index in [4.69, 9.17) is 10.5 Å². The lowest BCUT2D eigenvalue weighted by molar-refractivity contribution is -0.0569. The molecule has 15 heavy (non-hydrogen) atoms. The van der Waals surface area contributed by atoms with Gasteiger partial charge in [0.15, 0.2) is 0 Å². The zero-order valence-electron chi connectivity index (χ0n) is 8.53. The van der Waals surface area contributed by atoms with E-state index in [1.807, 2.05) is 12.1 Å². The molecule has 1 heterocycles. The summed E-state index contributed by atoms with van der Waals surface area (Å²) in [4.78, 5) is 11.2. The smallest absolute Gasteiger partial charge is 0.337 e. The summed E-state index contributed by atoms with van der Waals surface area (Å²) in [7, 11) is 1.36. The van der Waals surface area contributed by atoms with E-state index in [0.717, 1.165) is 5.56 Å². The molecule has 4 nitrogen and oxygen atoms in total. The van der Waals surface area contributed by atoms with Crippen LogP contribution in [0.5, 0.6) is 0 Å². The Balaban J connectivity index is 2.20. The van der Waals surface area contributed by atoms with Gasteiger partial charge >= 0.3 is 5.97 Å². The molecule has 0 aromatic heterocycles. The van der Waals surface area contributed by atoms with Gasteiger partial charge in [0.2, 0.25) is 0 Å². The molecule has 1 aromatic carbocycles. The summed E-state index contributed by atoms with van der Waals surface area (Å²) in [6.45, 7) is 1.06. The van der Waals surface area contributed by atoms with Gasteiger partial charge in [0.25, 0.3) is 0 Å². The number of hydrogen-bond donors (Lipinski definition) is 1. The van der Waals surface area contributed by atoms with Gasteiger partial charge in [-0.15, -0.1) is 0 Å². The molecule has 1 aliphatic heterocycles. The Kier molecular flexibility index (Phi) is 2.46. The van der Waals surface area contributed by atoms with E-state index in [2.05, 4.69) is 4.74 Å². The molecule has 80 valence electrons. The quantitative estimate of drug-likeness (QED) is 0.723. The van der Waals surface area contributed by atoms with Crippen molar-refractivity contribution < 1.29 is 14.3 Å². The van der Waals surface area contributed by atoms with E-state index in [1.54, 1.807) is 12.1 Å². The van der Waals surface area contributed by atoms with Crippen molar-refractivity contribution in [2.75, 3.05) is 20.3 Å². The van der Waals surface area contributed by atoms with Crippen molar-refractivity contribution in [3.63, 3.8) is 0 Å². The van der Waals surface area contributed by atoms with Crippen LogP contribution in [0.1, 0.15) is 15.9 Å². The van der Waals surface area contributed by atoms with Crippen LogP contribution in [0.2, 0.25) is 0 Å². The van der Waals surface area contributed by atoms with Gasteiger partial charge in [0.05, 0.1) is 31.4 Å². The Morgan fingerprint density at radius 3 is 2.40 bits per heavy atom. The van der Waals surface area contributed by atoms with E-state index in [1.165, 1.54) is 7.11 Å². The van der Waals surface area contributed by atoms with Crippen LogP contribution in [0.4, 0.5) is 0 Å². The fraction of sp³-hybridized carbons (Fsp3) is 0.364. The third-order valence-electron chi connectivity index (χ3n) is 2.60. The number of benzene rings is 1. The first-order valence-corrected chi connectivity index (χ1v) is 4.71. The van der Waals surface area contributed by atoms with Gasteiger partial charge in [-0.1, -0.05) is 12.1 Å². The largest absolute Gasteiger partial charge is 0.465 e. The first-order valence-electron chi connectivity index (χ1n) is 4.71. The Morgan fingerprint density at radius 1 is 1.40 bits per heavy atom. The molecule has 0 aliphatic carbocycles. The Hall–Kier alpha value is -1.39. The molecular weight excluding hydrogens is 194 g/mol. The molecule has 0 amide bonds. The maximum absolute atomic E-state index is 11.2. The third-order valence-corrected chi connectivity index (χ3v) is 2.60. The van der Waals surface area contributed by atoms with Crippen LogP contribution in [0.25, 0.3) is 0 Å². The van der Waals surface area contributed by atoms with Crippen LogP contribution in [0, 0.1) is 0 Å². The fourth-order valence-electron chi connectivity index (χ4n) is 1.54. The van der Waals surface area contributed by atoms with Gasteiger partial charge < -0.3 is 15.2 Å². The van der Waals surface area contributed by atoms with Crippen LogP contribution < -0.4 is 5.73 Å². The van der Waals surface area contributed by atoms with Gasteiger partial charge in [0.1, 0.15) is 0 Å². The predicted molar refractivity (Wildman–Crippen MR) is 54.5 cm³/mol. The standard InChI is InChI=1S/C11H13NO3/c1-14-10(13)8-2-4-9(5-3-8)11(12)6-15-7-11/h2-5H,6-7,12H2,1H3. The van der Waals surface area contributed by atoms with E-state index < -0.39 is 0 Å². The summed E-state index contributed by atoms with van der Waals surface area (Å²) in [5.74, 6) is -0.336. The number of methoxy groups -OCH3 is 1. The maximum Gasteiger partial charge on any atom is 0.337 e. The fourth-order valence-corrected chi connectivity index (χ4v) is 1.54. The number of esters is 1. The second-order valence-corrected chi connectivity index (χ2v) is 3.72. The van der Waals surface area contributed by atoms with Crippen molar-refractivity contribution in [3.05, 3.63) is 35.4 Å². The van der Waals surface area contributed by atoms with Gasteiger partial charge in [-0.3, -0.25) is 0 Å². The molecule has 2 rings (SSSR count). The summed E-state index contributed by atoms with van der Waals surface area (Å²) in [5.41, 5.74) is 7.18. The molecule has 0 atom stereocenters. The molecular formula is C11H13NO3. The first-order chi connectivity index (χ1) is 7.15. The highest BCUT2D eigenvalue weighted by Gasteiger charge is 2.35. The van der Waals surface area contributed by atoms with E-state index in [0.29, 0.717) is 18.8 Å². The lowest BCUT2D eigenvalue weighted by Crippen LogP contribution is -2.54. The molecule has 1 saturated heterocycles. The molecule has 1 fully saturated rings. The van der Waals surface area contributed by atoms with Crippen molar-refractivity contribution in [2.45, 2.75) is 5.54 Å². The first kappa shape index (κ1) is 10.1. The number of nitrogens with two attached hydrogens (primary N) is 1. The van der Waals surface area contributed by atoms with Crippen LogP contribution in [0.3, 0.4) is 0 Å². The lowest BCUT2D eigenvalue weighted by Gasteiger charge is -2.38. The number of rotatable bonds is 2. The topological polar surface area (TPSA) is 61.5 Å². The second kappa shape index (κ2) is 3.64. The van der Waals surface area contributed by atoms with Gasteiger partial charge in [-0.05, 0) is 17.7 Å². The minimum atomic E-state index is -0.380. The minimum absolute atomic E-state index is 0.336. The zero-order valence-corrected chi connectivity index (χ0v) is 8.53. The molecule has 4 heteroatoms. The maximum atomic E-state index is 11.2. The molecule has 0 bridgehead atoms. The van der Waals surface area contributed by atoms with E-state index in [9.17, 15) is 4.79 Å². The normalized spacial score (nSPS) is 18.0. The summed E-state index contributed by atoms with van der Waals surface area (Å²) in [6.07, 6.45) is 0. The molecule has 0 saturated carbocycles. The van der Waals surface area contributed by atoms with Crippen LogP contribution >= 0.6 is 0 Å². The van der Waals surface area contributed by atoms with E-state index >= 15 is 0 Å². The average Bonchev–Trinajstić information content (AvgIpc) is 2.25. The zero-order chi connectivity index (χ0) is 10.9. The molecule has 0 spiro atoms. The summed E-state index contributed by atoms with van der Waals surface area (Å²) >= 11 is 0. The Labute approximate surface area is 88.0 Å². The Morgan fingerprint density at radius 2 is 2.00 bits per heavy atom. The average molecular weight is 207 g/mol. The lowest BCUT2D eigenvalue weighted by atomic mass is 9.89. The number of carbonyl (C=O) groups excluding carboxylic acids is 1. The second-order valence-electron chi connectivity index (χ2n) is 3.72. The van der Waals surface area contributed by atoms with Crippen LogP contribution in [-0.2, 0) is 15.0 Å². The number of hydrogen-bond acceptors (Lipinski definition) is 4. The molecule has 0 radical (unpaired) electrons. The van der Waals surface area contributed by atoms with Crippen molar-refractivity contribution in [3.8, 4) is 0 Å². The Bertz CT molecular complexity index is 368. The van der Waals surface area contributed by atoms with Gasteiger partial charge in [-0.25, -0.2) is 4.79 Å². The molecule has 2 N–H and O–H groups in total. The summed E-state index contributed by atoms with van der Waals surface area (Å²) in [5, 5.41) is 0. The minimum Gasteiger partial charge on any atom is -0.465 e. The monoisotopic (exact) mass is 207 g/mol. The summed E-state index contributed by atoms with van der Waals surface area (Å²) < 4.78 is 9.68. The number of ether oxygens (including phenoxy) is 2. The van der Waals surface area contributed by atoms with Gasteiger partial charge in [0, 0.05) is 0 Å². The van der Waals surface area contributed by atoms with Crippen molar-refractivity contribution in [2.24, 2.45) is 5.73 Å². The predicted octanol–water partition coefficient (Wildman–Crippen LogP) is 0.657. The van der Waals surface area contributed by atoms with E-state index in [-0.39, 0.29) is 11.5 Å². The van der Waals surface area contributed by atoms with Crippen LogP contribution in [-0.4, -0.2) is 26.3 Å². The summed E-state index contributed by atoms with van der Waals surface area (Å²) in [6, 6.07) is 7.12. The molecule has 0 unspecified atom stereocenters. The van der Waals surface area contributed by atoms with Crippen LogP contribution in [0.15, 0.2) is 24.3 Å². The van der Waals surface area contributed by atoms with Crippen molar-refractivity contribution >= 4 is 5.97 Å². The highest BCUT2D eigenvalue weighted by Crippen LogP contribution is 2.26. The highest BCUT2D eigenvalue weighted by atomic mass is 16.5.